The molecule has 3 fully saturated rings. The topological polar surface area (TPSA) is 94.0 Å². The van der Waals surface area contributed by atoms with E-state index in [9.17, 15) is 14.7 Å². The zero-order valence-electron chi connectivity index (χ0n) is 29.2. The van der Waals surface area contributed by atoms with E-state index < -0.39 is 5.97 Å². The number of nitrogens with zero attached hydrogens (tertiary/aromatic N) is 6. The van der Waals surface area contributed by atoms with Crippen LogP contribution in [0.25, 0.3) is 0 Å². The third-order valence-corrected chi connectivity index (χ3v) is 9.94. The molecule has 10 nitrogen and oxygen atoms in total. The highest BCUT2D eigenvalue weighted by Crippen LogP contribution is 2.24. The summed E-state index contributed by atoms with van der Waals surface area (Å²) in [5, 5.41) is 18.4. The maximum atomic E-state index is 11.1. The van der Waals surface area contributed by atoms with Gasteiger partial charge in [0.15, 0.2) is 0 Å². The molecule has 45 heavy (non-hydrogen) atoms. The summed E-state index contributed by atoms with van der Waals surface area (Å²) in [7, 11) is 6.24. The first-order chi connectivity index (χ1) is 20.5. The van der Waals surface area contributed by atoms with Crippen molar-refractivity contribution >= 4 is 12.3 Å². The van der Waals surface area contributed by atoms with Crippen molar-refractivity contribution < 1.29 is 19.8 Å². The number of likely N-dealkylation sites (tertiary alicyclic amines) is 3. The first-order valence-electron chi connectivity index (χ1n) is 17.0. The maximum Gasteiger partial charge on any atom is 0.308 e. The summed E-state index contributed by atoms with van der Waals surface area (Å²) < 4.78 is 0. The second-order valence-electron chi connectivity index (χ2n) is 13.1. The van der Waals surface area contributed by atoms with Crippen molar-refractivity contribution in [1.29, 1.82) is 0 Å². The molecule has 3 aliphatic heterocycles. The minimum Gasteiger partial charge on any atom is -0.481 e. The van der Waals surface area contributed by atoms with Gasteiger partial charge in [-0.1, -0.05) is 56.4 Å². The van der Waals surface area contributed by atoms with Crippen LogP contribution in [0.2, 0.25) is 0 Å². The van der Waals surface area contributed by atoms with Crippen LogP contribution in [0.15, 0.2) is 0 Å². The molecule has 0 amide bonds. The average molecular weight is 645 g/mol. The molecular formula is C35H76N6O4. The lowest BCUT2D eigenvalue weighted by atomic mass is 9.95. The molecule has 2 N–H and O–H groups in total. The van der Waals surface area contributed by atoms with Gasteiger partial charge in [-0.15, -0.1) is 0 Å². The molecule has 0 saturated carbocycles. The van der Waals surface area contributed by atoms with Crippen LogP contribution in [0.4, 0.5) is 0 Å². The lowest BCUT2D eigenvalue weighted by molar-refractivity contribution is -0.142. The lowest BCUT2D eigenvalue weighted by Crippen LogP contribution is -2.34. The molecule has 3 heterocycles. The summed E-state index contributed by atoms with van der Waals surface area (Å²) in [6.07, 6.45) is 1.14. The van der Waals surface area contributed by atoms with Crippen molar-refractivity contribution in [2.75, 3.05) is 126 Å². The normalized spacial score (nSPS) is 27.0. The van der Waals surface area contributed by atoms with E-state index in [0.717, 1.165) is 97.9 Å². The minimum atomic E-state index is -0.642. The molecule has 0 aromatic rings. The van der Waals surface area contributed by atoms with Crippen molar-refractivity contribution in [1.82, 2.24) is 29.4 Å². The van der Waals surface area contributed by atoms with Crippen molar-refractivity contribution in [2.24, 2.45) is 35.5 Å². The zero-order valence-corrected chi connectivity index (χ0v) is 29.2. The van der Waals surface area contributed by atoms with E-state index in [-0.39, 0.29) is 32.6 Å². The van der Waals surface area contributed by atoms with Gasteiger partial charge in [-0.25, -0.2) is 0 Å². The standard InChI is InChI=1S/C11H22N2O2.C11H24N2O.C11H22N2O.2CH4/c1-4-13(5-2)7-9-6-12(3)8-10(9)11(14)15;2*1-4-13(5-2)8-10-6-12(3)7-11(10)9-14;;/h9-10H,4-8H2,1-3H3,(H,14,15);10-11,14H,4-9H2,1-3H3;9-11H,4-8H2,1-3H3;2*1H4. The monoisotopic (exact) mass is 645 g/mol. The van der Waals surface area contributed by atoms with E-state index in [0.29, 0.717) is 30.9 Å². The van der Waals surface area contributed by atoms with Crippen molar-refractivity contribution in [2.45, 2.75) is 56.4 Å². The van der Waals surface area contributed by atoms with E-state index in [1.807, 2.05) is 7.05 Å². The fourth-order valence-corrected chi connectivity index (χ4v) is 7.05. The molecule has 0 aromatic heterocycles. The number of rotatable bonds is 15. The number of carboxylic acids is 1. The van der Waals surface area contributed by atoms with Crippen LogP contribution in [0.5, 0.6) is 0 Å². The summed E-state index contributed by atoms with van der Waals surface area (Å²) in [6.45, 7) is 28.7. The highest BCUT2D eigenvalue weighted by molar-refractivity contribution is 5.71. The fraction of sp³-hybridized carbons (Fsp3) is 0.943. The van der Waals surface area contributed by atoms with E-state index in [2.05, 4.69) is 85.0 Å². The Balaban J connectivity index is 0. The van der Waals surface area contributed by atoms with Crippen LogP contribution in [-0.4, -0.2) is 178 Å². The van der Waals surface area contributed by atoms with Gasteiger partial charge in [-0.3, -0.25) is 4.79 Å². The fourth-order valence-electron chi connectivity index (χ4n) is 7.05. The lowest BCUT2D eigenvalue weighted by Gasteiger charge is -2.25. The Hall–Kier alpha value is -1.14. The van der Waals surface area contributed by atoms with E-state index >= 15 is 0 Å². The van der Waals surface area contributed by atoms with Gasteiger partial charge in [0.25, 0.3) is 0 Å². The van der Waals surface area contributed by atoms with E-state index in [1.165, 1.54) is 0 Å². The molecule has 0 bridgehead atoms. The number of carboxylic acid groups (broad SMARTS) is 1. The Morgan fingerprint density at radius 1 is 0.622 bits per heavy atom. The van der Waals surface area contributed by atoms with Crippen LogP contribution in [0, 0.1) is 35.5 Å². The molecule has 3 rings (SSSR count). The van der Waals surface area contributed by atoms with Gasteiger partial charge in [0.1, 0.15) is 6.29 Å². The molecular weight excluding hydrogens is 568 g/mol. The van der Waals surface area contributed by atoms with Gasteiger partial charge >= 0.3 is 5.97 Å². The first kappa shape index (κ1) is 46.0. The number of carbonyl (C=O) groups is 2. The Bertz CT molecular complexity index is 750. The van der Waals surface area contributed by atoms with E-state index in [1.54, 1.807) is 0 Å². The van der Waals surface area contributed by atoms with Gasteiger partial charge in [-0.05, 0) is 84.1 Å². The molecule has 0 aromatic carbocycles. The van der Waals surface area contributed by atoms with Crippen molar-refractivity contribution in [3.63, 3.8) is 0 Å². The first-order valence-corrected chi connectivity index (χ1v) is 17.0. The van der Waals surface area contributed by atoms with Crippen LogP contribution in [0.1, 0.15) is 56.4 Å². The minimum absolute atomic E-state index is 0. The van der Waals surface area contributed by atoms with Gasteiger partial charge in [0.2, 0.25) is 0 Å². The molecule has 10 heteroatoms. The molecule has 3 aliphatic rings. The number of hydrogen-bond donors (Lipinski definition) is 2. The summed E-state index contributed by atoms with van der Waals surface area (Å²) in [4.78, 5) is 35.8. The smallest absolute Gasteiger partial charge is 0.308 e. The van der Waals surface area contributed by atoms with Crippen molar-refractivity contribution in [3.05, 3.63) is 0 Å². The largest absolute Gasteiger partial charge is 0.481 e. The number of hydrogen-bond acceptors (Lipinski definition) is 9. The third-order valence-electron chi connectivity index (χ3n) is 9.94. The van der Waals surface area contributed by atoms with Crippen LogP contribution in [-0.2, 0) is 9.59 Å². The van der Waals surface area contributed by atoms with Crippen LogP contribution >= 0.6 is 0 Å². The molecule has 0 radical (unpaired) electrons. The Morgan fingerprint density at radius 3 is 1.40 bits per heavy atom. The average Bonchev–Trinajstić information content (AvgIpc) is 3.68. The molecule has 6 unspecified atom stereocenters. The van der Waals surface area contributed by atoms with Gasteiger partial charge in [0, 0.05) is 71.4 Å². The summed E-state index contributed by atoms with van der Waals surface area (Å²) in [5.74, 6) is 1.39. The van der Waals surface area contributed by atoms with Gasteiger partial charge < -0.3 is 44.4 Å². The predicted octanol–water partition coefficient (Wildman–Crippen LogP) is 3.07. The van der Waals surface area contributed by atoms with E-state index in [4.69, 9.17) is 5.11 Å². The third kappa shape index (κ3) is 16.0. The Labute approximate surface area is 279 Å². The molecule has 3 saturated heterocycles. The summed E-state index contributed by atoms with van der Waals surface area (Å²) in [5.41, 5.74) is 0. The maximum absolute atomic E-state index is 11.1. The number of aliphatic hydroxyl groups is 1. The zero-order chi connectivity index (χ0) is 32.5. The number of aliphatic hydroxyl groups excluding tert-OH is 1. The Morgan fingerprint density at radius 2 is 0.978 bits per heavy atom. The van der Waals surface area contributed by atoms with Crippen molar-refractivity contribution in [3.8, 4) is 0 Å². The molecule has 6 atom stereocenters. The number of aliphatic carboxylic acids is 1. The number of carbonyl (C=O) groups excluding carboxylic acids is 1. The van der Waals surface area contributed by atoms with Gasteiger partial charge in [-0.2, -0.15) is 0 Å². The second kappa shape index (κ2) is 25.0. The molecule has 270 valence electrons. The quantitative estimate of drug-likeness (QED) is 0.259. The van der Waals surface area contributed by atoms with Gasteiger partial charge in [0.05, 0.1) is 5.92 Å². The van der Waals surface area contributed by atoms with Crippen LogP contribution < -0.4 is 0 Å². The SMILES string of the molecule is C.C.CCN(CC)CC1CN(C)CC1C(=O)O.CCN(CC)CC1CN(C)CC1C=O.CCN(CC)CC1CN(C)CC1CO. The number of aldehydes is 1. The highest BCUT2D eigenvalue weighted by Gasteiger charge is 2.36. The second-order valence-corrected chi connectivity index (χ2v) is 13.1. The predicted molar refractivity (Wildman–Crippen MR) is 191 cm³/mol. The highest BCUT2D eigenvalue weighted by atomic mass is 16.4. The Kier molecular flexibility index (Phi) is 25.5. The molecule has 0 spiro atoms. The molecule has 0 aliphatic carbocycles. The summed E-state index contributed by atoms with van der Waals surface area (Å²) >= 11 is 0. The van der Waals surface area contributed by atoms with Crippen LogP contribution in [0.3, 0.4) is 0 Å². The summed E-state index contributed by atoms with van der Waals surface area (Å²) in [6, 6.07) is 0.